The van der Waals surface area contributed by atoms with Gasteiger partial charge in [0.1, 0.15) is 12.4 Å². The molecule has 0 radical (unpaired) electrons. The average molecular weight is 231 g/mol. The molecule has 1 saturated heterocycles. The Kier molecular flexibility index (Phi) is 2.56. The van der Waals surface area contributed by atoms with E-state index in [4.69, 9.17) is 4.74 Å². The molecule has 2 aliphatic rings. The average Bonchev–Trinajstić information content (AvgIpc) is 3.17. The normalized spacial score (nSPS) is 27.0. The summed E-state index contributed by atoms with van der Waals surface area (Å²) >= 11 is 0. The molecule has 0 saturated carbocycles. The first-order valence-corrected chi connectivity index (χ1v) is 5.61. The maximum atomic E-state index is 5.16. The van der Waals surface area contributed by atoms with Crippen LogP contribution in [0.1, 0.15) is 25.1 Å². The Hall–Kier alpha value is -1.82. The van der Waals surface area contributed by atoms with Crippen LogP contribution in [-0.4, -0.2) is 35.2 Å². The van der Waals surface area contributed by atoms with Crippen molar-refractivity contribution in [1.29, 1.82) is 0 Å². The molecular weight excluding hydrogens is 218 g/mol. The van der Waals surface area contributed by atoms with Crippen LogP contribution in [0.5, 0.6) is 0 Å². The quantitative estimate of drug-likeness (QED) is 0.716. The highest BCUT2D eigenvalue weighted by molar-refractivity contribution is 5.80. The lowest BCUT2D eigenvalue weighted by Crippen LogP contribution is -2.32. The third kappa shape index (κ3) is 2.16. The van der Waals surface area contributed by atoms with Crippen molar-refractivity contribution in [3.8, 4) is 0 Å². The van der Waals surface area contributed by atoms with Gasteiger partial charge < -0.3 is 9.64 Å². The van der Waals surface area contributed by atoms with Gasteiger partial charge in [0.2, 0.25) is 0 Å². The highest BCUT2D eigenvalue weighted by Gasteiger charge is 2.27. The molecule has 6 heteroatoms. The van der Waals surface area contributed by atoms with Crippen molar-refractivity contribution in [2.45, 2.75) is 25.5 Å². The molecule has 17 heavy (non-hydrogen) atoms. The van der Waals surface area contributed by atoms with E-state index in [0.717, 1.165) is 24.5 Å². The molecule has 2 atom stereocenters. The van der Waals surface area contributed by atoms with E-state index in [0.29, 0.717) is 0 Å². The van der Waals surface area contributed by atoms with Crippen LogP contribution in [0.4, 0.5) is 5.82 Å². The van der Waals surface area contributed by atoms with E-state index in [1.807, 2.05) is 4.90 Å². The smallest absolute Gasteiger partial charge is 0.152 e. The maximum absolute atomic E-state index is 5.16. The largest absolute Gasteiger partial charge is 0.366 e. The Morgan fingerprint density at radius 3 is 2.88 bits per heavy atom. The minimum Gasteiger partial charge on any atom is -0.366 e. The summed E-state index contributed by atoms with van der Waals surface area (Å²) in [5, 5.41) is 7.81. The zero-order valence-electron chi connectivity index (χ0n) is 9.52. The Bertz CT molecular complexity index is 451. The van der Waals surface area contributed by atoms with Crippen LogP contribution in [0.2, 0.25) is 0 Å². The number of ether oxygens (including phenoxy) is 1. The van der Waals surface area contributed by atoms with Gasteiger partial charge in [-0.05, 0) is 6.92 Å². The summed E-state index contributed by atoms with van der Waals surface area (Å²) in [5.41, 5.74) is 0.893. The highest BCUT2D eigenvalue weighted by Crippen LogP contribution is 2.28. The van der Waals surface area contributed by atoms with Crippen LogP contribution in [0.25, 0.3) is 0 Å². The zero-order chi connectivity index (χ0) is 11.7. The summed E-state index contributed by atoms with van der Waals surface area (Å²) in [4.78, 5) is 10.7. The zero-order valence-corrected chi connectivity index (χ0v) is 9.52. The Morgan fingerprint density at radius 1 is 1.29 bits per heavy atom. The van der Waals surface area contributed by atoms with Crippen LogP contribution in [0, 0.1) is 0 Å². The van der Waals surface area contributed by atoms with Crippen molar-refractivity contribution in [1.82, 2.24) is 9.97 Å². The summed E-state index contributed by atoms with van der Waals surface area (Å²) in [6, 6.07) is 0.280. The van der Waals surface area contributed by atoms with Gasteiger partial charge in [-0.15, -0.1) is 5.10 Å². The lowest BCUT2D eigenvalue weighted by Gasteiger charge is -2.23. The lowest BCUT2D eigenvalue weighted by molar-refractivity contribution is 0.411. The molecule has 1 aromatic rings. The summed E-state index contributed by atoms with van der Waals surface area (Å²) < 4.78 is 5.16. The van der Waals surface area contributed by atoms with Crippen LogP contribution < -0.4 is 4.90 Å². The molecule has 3 rings (SSSR count). The van der Waals surface area contributed by atoms with E-state index in [2.05, 4.69) is 27.1 Å². The highest BCUT2D eigenvalue weighted by atomic mass is 16.6. The third-order valence-corrected chi connectivity index (χ3v) is 2.83. The van der Waals surface area contributed by atoms with E-state index in [1.165, 1.54) is 0 Å². The van der Waals surface area contributed by atoms with E-state index in [1.54, 1.807) is 24.9 Å². The number of nitrogens with zero attached hydrogens (tertiary/aromatic N) is 5. The second-order valence-electron chi connectivity index (χ2n) is 4.14. The number of hydrogen-bond donors (Lipinski definition) is 0. The minimum absolute atomic E-state index is 0.148. The topological polar surface area (TPSA) is 66.3 Å². The first-order valence-electron chi connectivity index (χ1n) is 5.61. The van der Waals surface area contributed by atoms with E-state index in [9.17, 15) is 0 Å². The maximum Gasteiger partial charge on any atom is 0.152 e. The molecule has 1 aromatic heterocycles. The Labute approximate surface area is 99.0 Å². The van der Waals surface area contributed by atoms with E-state index >= 15 is 0 Å². The first-order chi connectivity index (χ1) is 8.34. The summed E-state index contributed by atoms with van der Waals surface area (Å²) in [5.74, 6) is 0.788. The number of rotatable bonds is 2. The van der Waals surface area contributed by atoms with Gasteiger partial charge in [0.25, 0.3) is 0 Å². The third-order valence-electron chi connectivity index (χ3n) is 2.83. The molecule has 2 unspecified atom stereocenters. The molecule has 2 aliphatic heterocycles. The molecule has 0 spiro atoms. The van der Waals surface area contributed by atoms with Crippen molar-refractivity contribution in [2.75, 3.05) is 11.5 Å². The predicted octanol–water partition coefficient (Wildman–Crippen LogP) is 1.16. The molecule has 6 nitrogen and oxygen atoms in total. The summed E-state index contributed by atoms with van der Waals surface area (Å²) in [6.45, 7) is 2.85. The first kappa shape index (κ1) is 10.3. The summed E-state index contributed by atoms with van der Waals surface area (Å²) in [6.07, 6.45) is 8.00. The predicted molar refractivity (Wildman–Crippen MR) is 64.3 cm³/mol. The van der Waals surface area contributed by atoms with Crippen LogP contribution in [-0.2, 0) is 4.74 Å². The van der Waals surface area contributed by atoms with Crippen molar-refractivity contribution in [3.63, 3.8) is 0 Å². The van der Waals surface area contributed by atoms with Gasteiger partial charge in [0, 0.05) is 18.7 Å². The second-order valence-corrected chi connectivity index (χ2v) is 4.14. The van der Waals surface area contributed by atoms with Crippen molar-refractivity contribution < 1.29 is 4.74 Å². The molecular formula is C11H13N5O. The Balaban J connectivity index is 1.82. The van der Waals surface area contributed by atoms with Gasteiger partial charge in [-0.25, -0.2) is 4.98 Å². The monoisotopic (exact) mass is 231 g/mol. The van der Waals surface area contributed by atoms with Gasteiger partial charge in [-0.2, -0.15) is 5.10 Å². The molecule has 0 bridgehead atoms. The molecule has 1 fully saturated rings. The fraction of sp³-hybridized carbons (Fsp3) is 0.455. The number of hydrogen-bond acceptors (Lipinski definition) is 6. The molecule has 0 amide bonds. The van der Waals surface area contributed by atoms with Crippen LogP contribution >= 0.6 is 0 Å². The molecule has 0 aromatic carbocycles. The summed E-state index contributed by atoms with van der Waals surface area (Å²) in [7, 11) is 0. The number of aromatic nitrogens is 2. The lowest BCUT2D eigenvalue weighted by atomic mass is 10.2. The molecule has 0 aliphatic carbocycles. The second kappa shape index (κ2) is 4.21. The fourth-order valence-electron chi connectivity index (χ4n) is 1.69. The van der Waals surface area contributed by atoms with Crippen LogP contribution in [0.15, 0.2) is 22.6 Å². The van der Waals surface area contributed by atoms with Crippen molar-refractivity contribution in [3.05, 3.63) is 18.1 Å². The van der Waals surface area contributed by atoms with Crippen molar-refractivity contribution in [2.24, 2.45) is 10.2 Å². The SMILES string of the molecule is CC1CC=NN=CN1c1cnc(C2CO2)cn1. The van der Waals surface area contributed by atoms with Crippen molar-refractivity contribution >= 4 is 18.4 Å². The van der Waals surface area contributed by atoms with E-state index < -0.39 is 0 Å². The molecule has 88 valence electrons. The number of anilines is 1. The van der Waals surface area contributed by atoms with Gasteiger partial charge >= 0.3 is 0 Å². The standard InChI is InChI=1S/C11H13N5O/c1-8-2-3-14-15-7-16(8)11-5-12-9(4-13-11)10-6-17-10/h3-5,7-8,10H,2,6H2,1H3. The van der Waals surface area contributed by atoms with E-state index in [-0.39, 0.29) is 12.1 Å². The van der Waals surface area contributed by atoms with Gasteiger partial charge in [0.15, 0.2) is 5.82 Å². The fourth-order valence-corrected chi connectivity index (χ4v) is 1.69. The number of epoxide rings is 1. The Morgan fingerprint density at radius 2 is 2.18 bits per heavy atom. The van der Waals surface area contributed by atoms with Gasteiger partial charge in [0.05, 0.1) is 24.7 Å². The van der Waals surface area contributed by atoms with Gasteiger partial charge in [-0.1, -0.05) is 0 Å². The van der Waals surface area contributed by atoms with Crippen LogP contribution in [0.3, 0.4) is 0 Å². The molecule has 0 N–H and O–H groups in total. The van der Waals surface area contributed by atoms with Gasteiger partial charge in [-0.3, -0.25) is 4.98 Å². The minimum atomic E-state index is 0.148. The molecule has 3 heterocycles.